The maximum absolute atomic E-state index is 13.7. The summed E-state index contributed by atoms with van der Waals surface area (Å²) in [4.78, 5) is 0. The zero-order chi connectivity index (χ0) is 12.8. The van der Waals surface area contributed by atoms with Crippen LogP contribution in [0.4, 0.5) is 17.7 Å². The van der Waals surface area contributed by atoms with Crippen molar-refractivity contribution in [3.8, 4) is 0 Å². The van der Waals surface area contributed by atoms with Gasteiger partial charge >= 0.3 is 15.4 Å². The second-order valence-corrected chi connectivity index (χ2v) is 6.40. The van der Waals surface area contributed by atoms with E-state index in [1.807, 2.05) is 0 Å². The van der Waals surface area contributed by atoms with Gasteiger partial charge in [0.2, 0.25) is 0 Å². The van der Waals surface area contributed by atoms with Crippen LogP contribution in [0.3, 0.4) is 0 Å². The molecule has 2 aliphatic rings. The Labute approximate surface area is 96.2 Å². The van der Waals surface area contributed by atoms with E-state index in [0.29, 0.717) is 12.8 Å². The molecule has 8 heteroatoms. The Bertz CT molecular complexity index is 397. The normalized spacial score (nSPS) is 35.2. The summed E-state index contributed by atoms with van der Waals surface area (Å²) in [7, 11) is -5.83. The number of fused-ring (bicyclic) bond motifs is 2. The first-order valence-corrected chi connectivity index (χ1v) is 6.77. The van der Waals surface area contributed by atoms with Gasteiger partial charge in [-0.15, -0.1) is 0 Å². The minimum atomic E-state index is -5.83. The van der Waals surface area contributed by atoms with E-state index < -0.39 is 27.5 Å². The fourth-order valence-electron chi connectivity index (χ4n) is 3.08. The van der Waals surface area contributed by atoms with Crippen LogP contribution in [0.25, 0.3) is 0 Å². The van der Waals surface area contributed by atoms with Gasteiger partial charge in [-0.05, 0) is 35.6 Å². The van der Waals surface area contributed by atoms with Gasteiger partial charge in [0.05, 0.1) is 0 Å². The van der Waals surface area contributed by atoms with E-state index in [1.54, 1.807) is 0 Å². The molecule has 0 aromatic carbocycles. The van der Waals surface area contributed by atoms with Crippen LogP contribution < -0.4 is 0 Å². The first-order valence-electron chi connectivity index (χ1n) is 5.36. The van der Waals surface area contributed by atoms with E-state index in [0.717, 1.165) is 6.42 Å². The Morgan fingerprint density at radius 2 is 1.88 bits per heavy atom. The average Bonchev–Trinajstić information content (AvgIpc) is 2.89. The lowest BCUT2D eigenvalue weighted by Gasteiger charge is -2.28. The van der Waals surface area contributed by atoms with Gasteiger partial charge < -0.3 is 0 Å². The molecule has 4 unspecified atom stereocenters. The highest BCUT2D eigenvalue weighted by Gasteiger charge is 2.61. The zero-order valence-corrected chi connectivity index (χ0v) is 9.60. The zero-order valence-electron chi connectivity index (χ0n) is 8.78. The molecule has 0 amide bonds. The van der Waals surface area contributed by atoms with Gasteiger partial charge in [-0.1, -0.05) is 10.8 Å². The average molecular weight is 276 g/mol. The molecule has 3 nitrogen and oxygen atoms in total. The van der Waals surface area contributed by atoms with Crippen LogP contribution in [-0.4, -0.2) is 19.8 Å². The van der Waals surface area contributed by atoms with Crippen molar-refractivity contribution in [1.29, 1.82) is 0 Å². The Morgan fingerprint density at radius 1 is 1.24 bits per heavy atom. The van der Waals surface area contributed by atoms with E-state index >= 15 is 0 Å². The van der Waals surface area contributed by atoms with Crippen LogP contribution in [0.1, 0.15) is 25.7 Å². The molecule has 4 atom stereocenters. The summed E-state index contributed by atoms with van der Waals surface area (Å²) in [5.74, 6) is -1.06. The van der Waals surface area contributed by atoms with Gasteiger partial charge in [-0.3, -0.25) is 0 Å². The quantitative estimate of drug-likeness (QED) is 0.741. The molecule has 2 aliphatic carbocycles. The smallest absolute Gasteiger partial charge is 0.239 e. The second kappa shape index (κ2) is 4.08. The molecule has 0 aromatic heterocycles. The van der Waals surface area contributed by atoms with Crippen LogP contribution in [-0.2, 0) is 14.5 Å². The molecule has 0 radical (unpaired) electrons. The van der Waals surface area contributed by atoms with Gasteiger partial charge in [0.15, 0.2) is 6.17 Å². The molecular weight excluding hydrogens is 264 g/mol. The minimum absolute atomic E-state index is 0.188. The molecule has 100 valence electrons. The standard InChI is InChI=1S/C9H12F4O3S/c10-8(9(11,12)17(14,15)16-13)7-4-5-1-2-6(7)3-5/h5-8H,1-4H2. The summed E-state index contributed by atoms with van der Waals surface area (Å²) in [6.07, 6.45) is -0.520. The van der Waals surface area contributed by atoms with Crippen molar-refractivity contribution in [1.82, 2.24) is 0 Å². The predicted octanol–water partition coefficient (Wildman–Crippen LogP) is 2.58. The van der Waals surface area contributed by atoms with E-state index in [2.05, 4.69) is 4.39 Å². The van der Waals surface area contributed by atoms with Crippen molar-refractivity contribution in [2.45, 2.75) is 37.1 Å². The summed E-state index contributed by atoms with van der Waals surface area (Å²) in [6, 6.07) is 0. The van der Waals surface area contributed by atoms with Crippen LogP contribution in [0, 0.1) is 17.8 Å². The molecule has 0 heterocycles. The molecule has 17 heavy (non-hydrogen) atoms. The highest BCUT2D eigenvalue weighted by atomic mass is 32.2. The molecular formula is C9H12F4O3S. The van der Waals surface area contributed by atoms with E-state index in [4.69, 9.17) is 0 Å². The number of hydrogen-bond acceptors (Lipinski definition) is 3. The van der Waals surface area contributed by atoms with Gasteiger partial charge in [-0.25, -0.2) is 4.39 Å². The van der Waals surface area contributed by atoms with E-state index in [1.165, 1.54) is 0 Å². The Kier molecular flexibility index (Phi) is 3.14. The van der Waals surface area contributed by atoms with Crippen LogP contribution in [0.5, 0.6) is 0 Å². The van der Waals surface area contributed by atoms with Crippen molar-refractivity contribution in [3.63, 3.8) is 0 Å². The maximum Gasteiger partial charge on any atom is 0.403 e. The number of halogens is 4. The van der Waals surface area contributed by atoms with Gasteiger partial charge in [0.25, 0.3) is 0 Å². The fourth-order valence-corrected chi connectivity index (χ4v) is 3.62. The van der Waals surface area contributed by atoms with Crippen molar-refractivity contribution >= 4 is 10.1 Å². The molecule has 0 aromatic rings. The van der Waals surface area contributed by atoms with Crippen LogP contribution in [0.2, 0.25) is 0 Å². The Morgan fingerprint density at radius 3 is 2.29 bits per heavy atom. The molecule has 2 saturated carbocycles. The lowest BCUT2D eigenvalue weighted by molar-refractivity contribution is -0.0727. The first kappa shape index (κ1) is 13.1. The van der Waals surface area contributed by atoms with E-state index in [9.17, 15) is 26.1 Å². The summed E-state index contributed by atoms with van der Waals surface area (Å²) in [5, 5.41) is -4.82. The van der Waals surface area contributed by atoms with Gasteiger partial charge in [0, 0.05) is 5.92 Å². The highest BCUT2D eigenvalue weighted by Crippen LogP contribution is 2.53. The molecule has 2 fully saturated rings. The third kappa shape index (κ3) is 1.95. The molecule has 2 bridgehead atoms. The lowest BCUT2D eigenvalue weighted by Crippen LogP contribution is -2.44. The number of alkyl halides is 3. The van der Waals surface area contributed by atoms with Crippen molar-refractivity contribution in [3.05, 3.63) is 0 Å². The SMILES string of the molecule is O=S(=O)(OF)C(F)(F)C(F)C1CC2CCC1C2. The number of rotatable bonds is 4. The highest BCUT2D eigenvalue weighted by molar-refractivity contribution is 7.87. The summed E-state index contributed by atoms with van der Waals surface area (Å²) in [6.45, 7) is 0. The fraction of sp³-hybridized carbons (Fsp3) is 1.00. The largest absolute Gasteiger partial charge is 0.403 e. The summed E-state index contributed by atoms with van der Waals surface area (Å²) < 4.78 is 75.2. The molecule has 0 N–H and O–H groups in total. The Hall–Kier alpha value is -0.370. The monoisotopic (exact) mass is 276 g/mol. The van der Waals surface area contributed by atoms with Gasteiger partial charge in [-0.2, -0.15) is 17.2 Å². The number of hydrogen-bond donors (Lipinski definition) is 0. The van der Waals surface area contributed by atoms with Crippen LogP contribution in [0.15, 0.2) is 0 Å². The molecule has 2 rings (SSSR count). The molecule has 0 saturated heterocycles. The minimum Gasteiger partial charge on any atom is -0.239 e. The maximum atomic E-state index is 13.7. The van der Waals surface area contributed by atoms with Crippen molar-refractivity contribution in [2.75, 3.05) is 0 Å². The van der Waals surface area contributed by atoms with Crippen molar-refractivity contribution in [2.24, 2.45) is 17.8 Å². The second-order valence-electron chi connectivity index (χ2n) is 4.82. The summed E-state index contributed by atoms with van der Waals surface area (Å²) >= 11 is 0. The third-order valence-corrected chi connectivity index (χ3v) is 4.96. The van der Waals surface area contributed by atoms with Crippen LogP contribution >= 0.6 is 0 Å². The molecule has 0 spiro atoms. The van der Waals surface area contributed by atoms with Gasteiger partial charge in [0.1, 0.15) is 0 Å². The third-order valence-electron chi connectivity index (χ3n) is 3.91. The molecule has 0 aliphatic heterocycles. The topological polar surface area (TPSA) is 43.4 Å². The van der Waals surface area contributed by atoms with E-state index in [-0.39, 0.29) is 18.3 Å². The Balaban J connectivity index is 2.17. The lowest BCUT2D eigenvalue weighted by atomic mass is 9.85. The summed E-state index contributed by atoms with van der Waals surface area (Å²) in [5.41, 5.74) is 0. The van der Waals surface area contributed by atoms with Crippen molar-refractivity contribution < 1.29 is 30.5 Å². The first-order chi connectivity index (χ1) is 7.79. The predicted molar refractivity (Wildman–Crippen MR) is 49.9 cm³/mol.